The number of anilines is 1. The molecule has 1 amide bonds. The summed E-state index contributed by atoms with van der Waals surface area (Å²) in [5.74, 6) is -0.402. The summed E-state index contributed by atoms with van der Waals surface area (Å²) in [6.07, 6.45) is 2.62. The molecule has 0 unspecified atom stereocenters. The summed E-state index contributed by atoms with van der Waals surface area (Å²) in [5.41, 5.74) is 0.996. The van der Waals surface area contributed by atoms with Gasteiger partial charge < -0.3 is 5.32 Å². The average molecular weight is 262 g/mol. The van der Waals surface area contributed by atoms with Crippen molar-refractivity contribution in [1.29, 1.82) is 5.26 Å². The second-order valence-corrected chi connectivity index (χ2v) is 3.77. The van der Waals surface area contributed by atoms with Gasteiger partial charge in [0.2, 0.25) is 5.91 Å². The van der Waals surface area contributed by atoms with Gasteiger partial charge in [0.1, 0.15) is 24.8 Å². The zero-order valence-corrected chi connectivity index (χ0v) is 9.92. The highest BCUT2D eigenvalue weighted by molar-refractivity contribution is 6.33. The van der Waals surface area contributed by atoms with Gasteiger partial charge in [0, 0.05) is 0 Å². The number of para-hydroxylation sites is 1. The lowest BCUT2D eigenvalue weighted by atomic mass is 10.2. The van der Waals surface area contributed by atoms with E-state index in [0.29, 0.717) is 16.4 Å². The lowest BCUT2D eigenvalue weighted by Gasteiger charge is -2.11. The number of rotatable bonds is 3. The maximum atomic E-state index is 11.4. The maximum absolute atomic E-state index is 11.4. The summed E-state index contributed by atoms with van der Waals surface area (Å²) in [6.45, 7) is 0. The number of nitriles is 1. The van der Waals surface area contributed by atoms with Crippen LogP contribution in [0.15, 0.2) is 30.9 Å². The number of benzene rings is 1. The molecular formula is C11H8ClN5O. The third-order valence-electron chi connectivity index (χ3n) is 2.15. The zero-order chi connectivity index (χ0) is 13.0. The van der Waals surface area contributed by atoms with E-state index in [2.05, 4.69) is 15.4 Å². The third-order valence-corrected chi connectivity index (χ3v) is 2.45. The van der Waals surface area contributed by atoms with Crippen molar-refractivity contribution in [3.63, 3.8) is 0 Å². The quantitative estimate of drug-likeness (QED) is 0.913. The lowest BCUT2D eigenvalue weighted by Crippen LogP contribution is -2.13. The van der Waals surface area contributed by atoms with E-state index in [1.54, 1.807) is 24.3 Å². The molecule has 90 valence electrons. The van der Waals surface area contributed by atoms with Crippen LogP contribution in [0.3, 0.4) is 0 Å². The van der Waals surface area contributed by atoms with Gasteiger partial charge in [0.05, 0.1) is 16.8 Å². The summed E-state index contributed by atoms with van der Waals surface area (Å²) in [4.78, 5) is 15.2. The summed E-state index contributed by atoms with van der Waals surface area (Å²) < 4.78 is 1.45. The van der Waals surface area contributed by atoms with Gasteiger partial charge in [-0.25, -0.2) is 9.67 Å². The van der Waals surface area contributed by atoms with Crippen LogP contribution in [0.5, 0.6) is 0 Å². The minimum absolute atomic E-state index is 0.219. The van der Waals surface area contributed by atoms with E-state index in [4.69, 9.17) is 16.9 Å². The molecular weight excluding hydrogens is 254 g/mol. The molecule has 0 aliphatic heterocycles. The normalized spacial score (nSPS) is 9.78. The number of halogens is 1. The SMILES string of the molecule is N#CCC(=O)Nc1cccc(Cl)c1-n1cncn1. The van der Waals surface area contributed by atoms with Crippen molar-refractivity contribution in [3.05, 3.63) is 35.9 Å². The van der Waals surface area contributed by atoms with Gasteiger partial charge in [-0.15, -0.1) is 0 Å². The fourth-order valence-electron chi connectivity index (χ4n) is 1.44. The van der Waals surface area contributed by atoms with Crippen molar-refractivity contribution in [2.75, 3.05) is 5.32 Å². The molecule has 0 saturated carbocycles. The number of nitrogens with zero attached hydrogens (tertiary/aromatic N) is 4. The van der Waals surface area contributed by atoms with Crippen LogP contribution in [0.25, 0.3) is 5.69 Å². The van der Waals surface area contributed by atoms with Crippen molar-refractivity contribution in [3.8, 4) is 11.8 Å². The van der Waals surface area contributed by atoms with Crippen molar-refractivity contribution >= 4 is 23.2 Å². The van der Waals surface area contributed by atoms with E-state index in [9.17, 15) is 4.79 Å². The van der Waals surface area contributed by atoms with Crippen molar-refractivity contribution < 1.29 is 4.79 Å². The van der Waals surface area contributed by atoms with Crippen LogP contribution in [0, 0.1) is 11.3 Å². The third kappa shape index (κ3) is 2.47. The Hall–Kier alpha value is -2.39. The zero-order valence-electron chi connectivity index (χ0n) is 9.17. The fraction of sp³-hybridized carbons (Fsp3) is 0.0909. The van der Waals surface area contributed by atoms with Crippen molar-refractivity contribution in [2.24, 2.45) is 0 Å². The highest BCUT2D eigenvalue weighted by atomic mass is 35.5. The van der Waals surface area contributed by atoms with Crippen molar-refractivity contribution in [1.82, 2.24) is 14.8 Å². The molecule has 1 aromatic heterocycles. The number of carbonyl (C=O) groups is 1. The largest absolute Gasteiger partial charge is 0.323 e. The number of hydrogen-bond donors (Lipinski definition) is 1. The molecule has 1 N–H and O–H groups in total. The second-order valence-electron chi connectivity index (χ2n) is 3.36. The Balaban J connectivity index is 2.40. The van der Waals surface area contributed by atoms with Gasteiger partial charge in [-0.1, -0.05) is 17.7 Å². The number of amides is 1. The van der Waals surface area contributed by atoms with Gasteiger partial charge in [-0.2, -0.15) is 10.4 Å². The van der Waals surface area contributed by atoms with Gasteiger partial charge in [0.25, 0.3) is 0 Å². The first-order valence-corrected chi connectivity index (χ1v) is 5.40. The molecule has 18 heavy (non-hydrogen) atoms. The van der Waals surface area contributed by atoms with Crippen LogP contribution in [-0.4, -0.2) is 20.7 Å². The van der Waals surface area contributed by atoms with E-state index in [1.165, 1.54) is 17.3 Å². The van der Waals surface area contributed by atoms with Crippen LogP contribution in [0.4, 0.5) is 5.69 Å². The Kier molecular flexibility index (Phi) is 3.55. The summed E-state index contributed by atoms with van der Waals surface area (Å²) in [6, 6.07) is 6.83. The number of hydrogen-bond acceptors (Lipinski definition) is 4. The fourth-order valence-corrected chi connectivity index (χ4v) is 1.70. The van der Waals surface area contributed by atoms with Crippen LogP contribution < -0.4 is 5.32 Å². The van der Waals surface area contributed by atoms with Crippen LogP contribution in [-0.2, 0) is 4.79 Å². The molecule has 2 rings (SSSR count). The Bertz CT molecular complexity index is 602. The predicted octanol–water partition coefficient (Wildman–Crippen LogP) is 1.77. The number of carbonyl (C=O) groups excluding carboxylic acids is 1. The predicted molar refractivity (Wildman–Crippen MR) is 65.2 cm³/mol. The highest BCUT2D eigenvalue weighted by Gasteiger charge is 2.12. The minimum Gasteiger partial charge on any atom is -0.323 e. The van der Waals surface area contributed by atoms with Gasteiger partial charge in [-0.3, -0.25) is 4.79 Å². The van der Waals surface area contributed by atoms with E-state index in [-0.39, 0.29) is 6.42 Å². The topological polar surface area (TPSA) is 83.6 Å². The monoisotopic (exact) mass is 261 g/mol. The molecule has 1 aromatic carbocycles. The molecule has 0 aliphatic carbocycles. The lowest BCUT2D eigenvalue weighted by molar-refractivity contribution is -0.115. The summed E-state index contributed by atoms with van der Waals surface area (Å²) >= 11 is 6.08. The summed E-state index contributed by atoms with van der Waals surface area (Å²) in [7, 11) is 0. The average Bonchev–Trinajstić information content (AvgIpc) is 2.82. The van der Waals surface area contributed by atoms with E-state index < -0.39 is 5.91 Å². The van der Waals surface area contributed by atoms with Crippen LogP contribution in [0.1, 0.15) is 6.42 Å². The molecule has 6 nitrogen and oxygen atoms in total. The molecule has 0 atom stereocenters. The minimum atomic E-state index is -0.402. The molecule has 2 aromatic rings. The molecule has 0 radical (unpaired) electrons. The van der Waals surface area contributed by atoms with Crippen molar-refractivity contribution in [2.45, 2.75) is 6.42 Å². The molecule has 0 saturated heterocycles. The number of nitrogens with one attached hydrogen (secondary N) is 1. The van der Waals surface area contributed by atoms with E-state index in [0.717, 1.165) is 0 Å². The smallest absolute Gasteiger partial charge is 0.238 e. The molecule has 0 bridgehead atoms. The Morgan fingerprint density at radius 1 is 1.56 bits per heavy atom. The van der Waals surface area contributed by atoms with Crippen LogP contribution >= 0.6 is 11.6 Å². The first-order chi connectivity index (χ1) is 8.72. The number of aromatic nitrogens is 3. The van der Waals surface area contributed by atoms with Gasteiger partial charge >= 0.3 is 0 Å². The standard InChI is InChI=1S/C11H8ClN5O/c12-8-2-1-3-9(16-10(18)4-5-13)11(8)17-7-14-6-15-17/h1-3,6-7H,4H2,(H,16,18). The Morgan fingerprint density at radius 2 is 2.39 bits per heavy atom. The van der Waals surface area contributed by atoms with E-state index in [1.807, 2.05) is 0 Å². The second kappa shape index (κ2) is 5.29. The van der Waals surface area contributed by atoms with Gasteiger partial charge in [-0.05, 0) is 12.1 Å². The Labute approximate surface area is 108 Å². The molecule has 0 spiro atoms. The first-order valence-electron chi connectivity index (χ1n) is 5.02. The molecule has 7 heteroatoms. The molecule has 1 heterocycles. The highest BCUT2D eigenvalue weighted by Crippen LogP contribution is 2.27. The first kappa shape index (κ1) is 12.1. The maximum Gasteiger partial charge on any atom is 0.238 e. The van der Waals surface area contributed by atoms with Gasteiger partial charge in [0.15, 0.2) is 0 Å². The Morgan fingerprint density at radius 3 is 3.06 bits per heavy atom. The van der Waals surface area contributed by atoms with Crippen LogP contribution in [0.2, 0.25) is 5.02 Å². The molecule has 0 aliphatic rings. The molecule has 0 fully saturated rings. The van der Waals surface area contributed by atoms with E-state index >= 15 is 0 Å². The summed E-state index contributed by atoms with van der Waals surface area (Å²) in [5, 5.41) is 15.5.